The Morgan fingerprint density at radius 2 is 1.77 bits per heavy atom. The van der Waals surface area contributed by atoms with E-state index in [0.717, 1.165) is 43.4 Å². The summed E-state index contributed by atoms with van der Waals surface area (Å²) in [6.07, 6.45) is 7.03. The number of rotatable bonds is 11. The van der Waals surface area contributed by atoms with E-state index in [1.807, 2.05) is 6.07 Å². The second-order valence-electron chi connectivity index (χ2n) is 12.2. The maximum atomic E-state index is 15.6. The van der Waals surface area contributed by atoms with Crippen molar-refractivity contribution in [2.45, 2.75) is 75.4 Å². The summed E-state index contributed by atoms with van der Waals surface area (Å²) in [4.78, 5) is 16.7. The predicted molar refractivity (Wildman–Crippen MR) is 146 cm³/mol. The van der Waals surface area contributed by atoms with Crippen LogP contribution in [0, 0.1) is 23.5 Å². The fourth-order valence-electron chi connectivity index (χ4n) is 6.89. The van der Waals surface area contributed by atoms with Gasteiger partial charge >= 0.3 is 5.97 Å². The van der Waals surface area contributed by atoms with E-state index in [0.29, 0.717) is 57.8 Å². The van der Waals surface area contributed by atoms with Crippen LogP contribution < -0.4 is 0 Å². The fraction of sp³-hybridized carbons (Fsp3) is 0.594. The van der Waals surface area contributed by atoms with Crippen molar-refractivity contribution in [3.05, 3.63) is 71.3 Å². The maximum Gasteiger partial charge on any atom is 0.320 e. The Labute approximate surface area is 230 Å². The number of piperidine rings is 1. The van der Waals surface area contributed by atoms with Crippen LogP contribution in [0.3, 0.4) is 0 Å². The first kappa shape index (κ1) is 28.2. The molecular weight excluding hydrogens is 501 g/mol. The molecule has 7 heteroatoms. The van der Waals surface area contributed by atoms with Gasteiger partial charge in [0.15, 0.2) is 0 Å². The summed E-state index contributed by atoms with van der Waals surface area (Å²) >= 11 is 0. The summed E-state index contributed by atoms with van der Waals surface area (Å²) in [5, 5.41) is 10.1. The Balaban J connectivity index is 1.19. The molecule has 0 radical (unpaired) electrons. The summed E-state index contributed by atoms with van der Waals surface area (Å²) < 4.78 is 42.9. The number of carbonyl (C=O) groups is 1. The van der Waals surface area contributed by atoms with E-state index in [1.54, 1.807) is 24.3 Å². The summed E-state index contributed by atoms with van der Waals surface area (Å²) in [6, 6.07) is 12.7. The highest BCUT2D eigenvalue weighted by Gasteiger charge is 2.42. The van der Waals surface area contributed by atoms with E-state index in [1.165, 1.54) is 24.6 Å². The predicted octanol–water partition coefficient (Wildman–Crippen LogP) is 6.45. The first-order chi connectivity index (χ1) is 18.8. The lowest BCUT2D eigenvalue weighted by Gasteiger charge is -2.38. The zero-order valence-electron chi connectivity index (χ0n) is 22.7. The quantitative estimate of drug-likeness (QED) is 0.354. The van der Waals surface area contributed by atoms with E-state index < -0.39 is 17.7 Å². The molecular formula is C32H41F3N2O2. The van der Waals surface area contributed by atoms with Gasteiger partial charge in [-0.1, -0.05) is 43.5 Å². The van der Waals surface area contributed by atoms with Crippen LogP contribution in [0.2, 0.25) is 0 Å². The van der Waals surface area contributed by atoms with Gasteiger partial charge in [-0.25, -0.2) is 13.2 Å². The molecule has 2 aromatic carbocycles. The molecule has 2 saturated heterocycles. The molecule has 1 saturated carbocycles. The Morgan fingerprint density at radius 1 is 1.03 bits per heavy atom. The molecule has 3 fully saturated rings. The molecule has 39 heavy (non-hydrogen) atoms. The van der Waals surface area contributed by atoms with Gasteiger partial charge in [0, 0.05) is 38.6 Å². The van der Waals surface area contributed by atoms with E-state index >= 15 is 4.39 Å². The van der Waals surface area contributed by atoms with Gasteiger partial charge < -0.3 is 10.0 Å². The van der Waals surface area contributed by atoms with Crippen LogP contribution in [-0.4, -0.2) is 65.3 Å². The van der Waals surface area contributed by atoms with Crippen LogP contribution in [-0.2, 0) is 11.2 Å². The molecule has 0 bridgehead atoms. The monoisotopic (exact) mass is 542 g/mol. The highest BCUT2D eigenvalue weighted by molar-refractivity contribution is 5.73. The molecule has 2 aromatic rings. The van der Waals surface area contributed by atoms with Crippen molar-refractivity contribution in [3.63, 3.8) is 0 Å². The van der Waals surface area contributed by atoms with Crippen molar-refractivity contribution in [2.75, 3.05) is 32.7 Å². The summed E-state index contributed by atoms with van der Waals surface area (Å²) in [6.45, 7) is 3.38. The number of halogens is 3. The molecule has 0 spiro atoms. The molecule has 212 valence electrons. The zero-order chi connectivity index (χ0) is 27.4. The number of likely N-dealkylation sites (tertiary alicyclic amines) is 2. The van der Waals surface area contributed by atoms with Gasteiger partial charge in [0.1, 0.15) is 23.3 Å². The average molecular weight is 543 g/mol. The van der Waals surface area contributed by atoms with Crippen molar-refractivity contribution < 1.29 is 23.1 Å². The summed E-state index contributed by atoms with van der Waals surface area (Å²) in [5.74, 6) is -0.580. The third-order valence-electron chi connectivity index (χ3n) is 9.50. The third-order valence-corrected chi connectivity index (χ3v) is 9.50. The van der Waals surface area contributed by atoms with Gasteiger partial charge in [-0.15, -0.1) is 0 Å². The van der Waals surface area contributed by atoms with Crippen LogP contribution >= 0.6 is 0 Å². The first-order valence-corrected chi connectivity index (χ1v) is 14.7. The number of carboxylic acids is 1. The molecule has 2 heterocycles. The number of hydrogen-bond donors (Lipinski definition) is 1. The van der Waals surface area contributed by atoms with Gasteiger partial charge in [0.25, 0.3) is 0 Å². The van der Waals surface area contributed by atoms with Crippen molar-refractivity contribution in [1.29, 1.82) is 0 Å². The van der Waals surface area contributed by atoms with Gasteiger partial charge in [-0.05, 0) is 85.8 Å². The largest absolute Gasteiger partial charge is 0.480 e. The Morgan fingerprint density at radius 3 is 2.41 bits per heavy atom. The normalized spacial score (nSPS) is 24.9. The lowest BCUT2D eigenvalue weighted by Crippen LogP contribution is -2.45. The number of benzene rings is 2. The molecule has 1 aliphatic carbocycles. The van der Waals surface area contributed by atoms with E-state index in [-0.39, 0.29) is 23.5 Å². The first-order valence-electron chi connectivity index (χ1n) is 14.7. The molecule has 4 nitrogen and oxygen atoms in total. The van der Waals surface area contributed by atoms with Crippen LogP contribution in [0.4, 0.5) is 13.2 Å². The van der Waals surface area contributed by atoms with Crippen molar-refractivity contribution in [1.82, 2.24) is 9.80 Å². The molecule has 3 aliphatic rings. The summed E-state index contributed by atoms with van der Waals surface area (Å²) in [7, 11) is 0. The van der Waals surface area contributed by atoms with Gasteiger partial charge in [0.2, 0.25) is 0 Å². The Hall–Kier alpha value is -2.38. The number of alkyl halides is 1. The van der Waals surface area contributed by atoms with Crippen molar-refractivity contribution >= 4 is 5.97 Å². The number of carboxylic acid groups (broad SMARTS) is 1. The van der Waals surface area contributed by atoms with Crippen LogP contribution in [0.25, 0.3) is 0 Å². The minimum Gasteiger partial charge on any atom is -0.480 e. The molecule has 5 rings (SSSR count). The Bertz CT molecular complexity index is 1100. The van der Waals surface area contributed by atoms with Crippen LogP contribution in [0.15, 0.2) is 48.5 Å². The molecule has 3 atom stereocenters. The minimum atomic E-state index is -1.18. The van der Waals surface area contributed by atoms with Gasteiger partial charge in [0.05, 0.1) is 0 Å². The smallest absolute Gasteiger partial charge is 0.320 e. The van der Waals surface area contributed by atoms with Gasteiger partial charge in [-0.2, -0.15) is 0 Å². The average Bonchev–Trinajstić information content (AvgIpc) is 3.29. The summed E-state index contributed by atoms with van der Waals surface area (Å²) in [5.41, 5.74) is 0.772. The lowest BCUT2D eigenvalue weighted by molar-refractivity contribution is -0.144. The SMILES string of the molecule is O=C(O)[C@@H](CC1CCC1)N1CC(CN2CCC(F)(CCCc3ccc(F)cc3)CC2)C(c2cccc(F)c2)C1. The molecule has 2 aliphatic heterocycles. The standard InChI is InChI=1S/C32H41F3N2O2/c33-27-11-9-23(10-12-27)6-3-13-32(35)14-16-36(17-15-32)20-26-21-37(30(31(38)39)18-24-4-1-5-24)22-29(26)25-7-2-8-28(34)19-25/h2,7-12,19,24,26,29-30H,1,3-6,13-18,20-22H2,(H,38,39)/t26?,29?,30-/m1/s1. The Kier molecular flexibility index (Phi) is 8.97. The molecule has 0 amide bonds. The topological polar surface area (TPSA) is 43.8 Å². The lowest BCUT2D eigenvalue weighted by atomic mass is 9.80. The number of nitrogens with zero attached hydrogens (tertiary/aromatic N) is 2. The van der Waals surface area contributed by atoms with Crippen molar-refractivity contribution in [3.8, 4) is 0 Å². The minimum absolute atomic E-state index is 0.0525. The second-order valence-corrected chi connectivity index (χ2v) is 12.2. The van der Waals surface area contributed by atoms with Crippen molar-refractivity contribution in [2.24, 2.45) is 11.8 Å². The fourth-order valence-corrected chi connectivity index (χ4v) is 6.89. The zero-order valence-corrected chi connectivity index (χ0v) is 22.7. The van der Waals surface area contributed by atoms with E-state index in [9.17, 15) is 18.7 Å². The highest BCUT2D eigenvalue weighted by Crippen LogP contribution is 2.39. The maximum absolute atomic E-state index is 15.6. The van der Waals surface area contributed by atoms with Crippen LogP contribution in [0.1, 0.15) is 68.4 Å². The van der Waals surface area contributed by atoms with E-state index in [2.05, 4.69) is 9.80 Å². The third kappa shape index (κ3) is 7.23. The number of aryl methyl sites for hydroxylation is 1. The molecule has 0 aromatic heterocycles. The molecule has 2 unspecified atom stereocenters. The van der Waals surface area contributed by atoms with Gasteiger partial charge in [-0.3, -0.25) is 9.69 Å². The highest BCUT2D eigenvalue weighted by atomic mass is 19.1. The number of aliphatic carboxylic acids is 1. The van der Waals surface area contributed by atoms with Crippen LogP contribution in [0.5, 0.6) is 0 Å². The van der Waals surface area contributed by atoms with E-state index in [4.69, 9.17) is 0 Å². The number of hydrogen-bond acceptors (Lipinski definition) is 3. The second kappa shape index (κ2) is 12.4. The molecule has 1 N–H and O–H groups in total.